The van der Waals surface area contributed by atoms with Crippen LogP contribution in [0.5, 0.6) is 28.7 Å². The molecule has 3 heterocycles. The topological polar surface area (TPSA) is 245 Å². The molecular weight excluding hydrogens is 624 g/mol. The van der Waals surface area contributed by atoms with Crippen molar-refractivity contribution in [2.45, 2.75) is 101 Å². The van der Waals surface area contributed by atoms with Gasteiger partial charge in [0.05, 0.1) is 19.1 Å². The molecule has 47 heavy (non-hydrogen) atoms. The Bertz CT molecular complexity index is 1470. The lowest BCUT2D eigenvalue weighted by Gasteiger charge is -2.42. The number of phenolic OH excluding ortho intramolecular Hbond substituents is 3. The van der Waals surface area contributed by atoms with E-state index in [2.05, 4.69) is 0 Å². The Kier molecular flexibility index (Phi) is 10.3. The minimum absolute atomic E-state index is 0.00855. The van der Waals surface area contributed by atoms with Gasteiger partial charge in [0.15, 0.2) is 23.6 Å². The standard InChI is InChI=1S/C32H40O15/c1-12(2)4-9-16-22(36)26(40)30(20-17(34)10-18(45-29(16)20)14-5-7-15(33)8-6-14)47-32-28(42)25(39)23(37)19(46-32)11-43-31-27(41)24(38)21(35)13(3)44-31/h4-8,13,18-19,21,23-25,27-28,31-33,35-42H,9-11H2,1-3H3/t13-,18+,19+,21-,23+,24-,25+,27+,28+,31+,32-/m0/s1. The Morgan fingerprint density at radius 3 is 2.15 bits per heavy atom. The summed E-state index contributed by atoms with van der Waals surface area (Å²) >= 11 is 0. The van der Waals surface area contributed by atoms with Gasteiger partial charge in [-0.25, -0.2) is 0 Å². The number of aromatic hydroxyl groups is 3. The number of carbonyl (C=O) groups excluding carboxylic acids is 1. The highest BCUT2D eigenvalue weighted by atomic mass is 16.7. The maximum absolute atomic E-state index is 13.7. The molecule has 258 valence electrons. The van der Waals surface area contributed by atoms with Gasteiger partial charge < -0.3 is 69.6 Å². The van der Waals surface area contributed by atoms with Crippen LogP contribution < -0.4 is 9.47 Å². The van der Waals surface area contributed by atoms with Gasteiger partial charge in [0.25, 0.3) is 0 Å². The summed E-state index contributed by atoms with van der Waals surface area (Å²) in [5.41, 5.74) is 1.26. The van der Waals surface area contributed by atoms with Gasteiger partial charge in [-0.1, -0.05) is 23.8 Å². The molecule has 0 amide bonds. The fourth-order valence-electron chi connectivity index (χ4n) is 5.66. The monoisotopic (exact) mass is 664 g/mol. The fraction of sp³-hybridized carbons (Fsp3) is 0.531. The normalized spacial score (nSPS) is 33.9. The molecule has 3 aliphatic heterocycles. The lowest BCUT2D eigenvalue weighted by atomic mass is 9.91. The number of hydrogen-bond acceptors (Lipinski definition) is 15. The Balaban J connectivity index is 1.45. The minimum atomic E-state index is -1.93. The first-order chi connectivity index (χ1) is 22.2. The maximum atomic E-state index is 13.7. The number of phenols is 3. The summed E-state index contributed by atoms with van der Waals surface area (Å²) in [6, 6.07) is 6.02. The summed E-state index contributed by atoms with van der Waals surface area (Å²) in [6.07, 6.45) is -15.1. The zero-order valence-electron chi connectivity index (χ0n) is 25.8. The second-order valence-electron chi connectivity index (χ2n) is 12.2. The average Bonchev–Trinajstić information content (AvgIpc) is 3.03. The van der Waals surface area contributed by atoms with Crippen molar-refractivity contribution >= 4 is 5.78 Å². The van der Waals surface area contributed by atoms with Gasteiger partial charge in [-0.3, -0.25) is 4.79 Å². The van der Waals surface area contributed by atoms with Gasteiger partial charge in [-0.2, -0.15) is 0 Å². The van der Waals surface area contributed by atoms with Gasteiger partial charge in [0.2, 0.25) is 12.0 Å². The van der Waals surface area contributed by atoms with Crippen molar-refractivity contribution in [3.63, 3.8) is 0 Å². The Morgan fingerprint density at radius 1 is 0.851 bits per heavy atom. The molecule has 15 heteroatoms. The van der Waals surface area contributed by atoms with Crippen LogP contribution in [-0.2, 0) is 20.6 Å². The first kappa shape index (κ1) is 34.8. The molecule has 2 saturated heterocycles. The summed E-state index contributed by atoms with van der Waals surface area (Å²) in [7, 11) is 0. The SMILES string of the molecule is CC(C)=CCc1c(O)c(O)c(O[C@@H]2O[C@H](CO[C@@H]3O[C@@H](C)[C@H](O)[C@H](O)[C@H]3O)[C@@H](O)[C@@H](O)[C@H]2O)c2c1O[C@@H](c1ccc(O)cc1)CC2=O. The molecule has 0 aromatic heterocycles. The zero-order chi connectivity index (χ0) is 34.3. The van der Waals surface area contributed by atoms with Crippen LogP contribution in [0.25, 0.3) is 0 Å². The third-order valence-electron chi connectivity index (χ3n) is 8.48. The number of rotatable bonds is 8. The van der Waals surface area contributed by atoms with Crippen molar-refractivity contribution in [3.8, 4) is 28.7 Å². The number of allylic oxidation sites excluding steroid dienone is 2. The van der Waals surface area contributed by atoms with Crippen LogP contribution in [0.4, 0.5) is 0 Å². The first-order valence-electron chi connectivity index (χ1n) is 15.1. The molecule has 2 aromatic rings. The summed E-state index contributed by atoms with van der Waals surface area (Å²) < 4.78 is 28.6. The first-order valence-corrected chi connectivity index (χ1v) is 15.1. The Labute approximate surface area is 269 Å². The van der Waals surface area contributed by atoms with Crippen molar-refractivity contribution in [1.82, 2.24) is 0 Å². The molecule has 9 N–H and O–H groups in total. The summed E-state index contributed by atoms with van der Waals surface area (Å²) in [5, 5.41) is 94.2. The largest absolute Gasteiger partial charge is 0.508 e. The third kappa shape index (κ3) is 6.90. The molecule has 3 aliphatic rings. The minimum Gasteiger partial charge on any atom is -0.508 e. The quantitative estimate of drug-likeness (QED) is 0.134. The third-order valence-corrected chi connectivity index (χ3v) is 8.48. The van der Waals surface area contributed by atoms with E-state index in [-0.39, 0.29) is 35.5 Å². The average molecular weight is 665 g/mol. The second-order valence-corrected chi connectivity index (χ2v) is 12.2. The summed E-state index contributed by atoms with van der Waals surface area (Å²) in [6.45, 7) is 4.51. The smallest absolute Gasteiger partial charge is 0.229 e. The van der Waals surface area contributed by atoms with Crippen molar-refractivity contribution in [3.05, 3.63) is 52.6 Å². The van der Waals surface area contributed by atoms with Crippen LogP contribution in [0, 0.1) is 0 Å². The molecule has 2 aromatic carbocycles. The Hall–Kier alpha value is -3.51. The van der Waals surface area contributed by atoms with E-state index in [1.807, 2.05) is 13.8 Å². The van der Waals surface area contributed by atoms with Crippen molar-refractivity contribution in [2.75, 3.05) is 6.61 Å². The number of aliphatic hydroxyl groups is 6. The van der Waals surface area contributed by atoms with Crippen LogP contribution in [0.1, 0.15) is 54.8 Å². The van der Waals surface area contributed by atoms with E-state index < -0.39 is 97.2 Å². The van der Waals surface area contributed by atoms with E-state index >= 15 is 0 Å². The van der Waals surface area contributed by atoms with E-state index in [0.29, 0.717) is 5.56 Å². The number of carbonyl (C=O) groups is 1. The van der Waals surface area contributed by atoms with Crippen molar-refractivity contribution < 1.29 is 74.4 Å². The number of Topliss-reactive ketones (excluding diaryl/α,β-unsaturated/α-hetero) is 1. The van der Waals surface area contributed by atoms with Crippen LogP contribution in [-0.4, -0.2) is 120 Å². The molecule has 15 nitrogen and oxygen atoms in total. The van der Waals surface area contributed by atoms with Gasteiger partial charge in [0.1, 0.15) is 65.9 Å². The highest BCUT2D eigenvalue weighted by Crippen LogP contribution is 2.52. The highest BCUT2D eigenvalue weighted by molar-refractivity contribution is 6.04. The number of fused-ring (bicyclic) bond motifs is 1. The van der Waals surface area contributed by atoms with E-state index in [9.17, 15) is 50.8 Å². The molecule has 11 atom stereocenters. The lowest BCUT2D eigenvalue weighted by molar-refractivity contribution is -0.318. The van der Waals surface area contributed by atoms with Crippen molar-refractivity contribution in [2.24, 2.45) is 0 Å². The molecule has 2 fully saturated rings. The van der Waals surface area contributed by atoms with Gasteiger partial charge in [0, 0.05) is 5.56 Å². The highest BCUT2D eigenvalue weighted by Gasteiger charge is 2.48. The van der Waals surface area contributed by atoms with E-state index in [4.69, 9.17) is 23.7 Å². The van der Waals surface area contributed by atoms with Gasteiger partial charge in [-0.15, -0.1) is 0 Å². The molecule has 0 radical (unpaired) electrons. The van der Waals surface area contributed by atoms with Crippen molar-refractivity contribution in [1.29, 1.82) is 0 Å². The van der Waals surface area contributed by atoms with E-state index in [1.54, 1.807) is 18.2 Å². The predicted molar refractivity (Wildman–Crippen MR) is 159 cm³/mol. The maximum Gasteiger partial charge on any atom is 0.229 e. The number of ether oxygens (including phenoxy) is 5. The van der Waals surface area contributed by atoms with Gasteiger partial charge in [-0.05, 0) is 44.9 Å². The molecule has 0 bridgehead atoms. The number of benzene rings is 2. The molecular formula is C32H40O15. The molecule has 0 spiro atoms. The molecule has 0 aliphatic carbocycles. The summed E-state index contributed by atoms with van der Waals surface area (Å²) in [5.74, 6) is -2.76. The zero-order valence-corrected chi connectivity index (χ0v) is 25.8. The summed E-state index contributed by atoms with van der Waals surface area (Å²) in [4.78, 5) is 13.7. The number of ketones is 1. The predicted octanol–water partition coefficient (Wildman–Crippen LogP) is 0.0491. The van der Waals surface area contributed by atoms with Crippen LogP contribution in [0.15, 0.2) is 35.9 Å². The van der Waals surface area contributed by atoms with Crippen LogP contribution in [0.3, 0.4) is 0 Å². The second kappa shape index (κ2) is 13.9. The van der Waals surface area contributed by atoms with Crippen LogP contribution >= 0.6 is 0 Å². The molecule has 5 rings (SSSR count). The van der Waals surface area contributed by atoms with Gasteiger partial charge >= 0.3 is 0 Å². The number of aliphatic hydroxyl groups excluding tert-OH is 6. The van der Waals surface area contributed by atoms with E-state index in [0.717, 1.165) is 5.57 Å². The van der Waals surface area contributed by atoms with Crippen LogP contribution in [0.2, 0.25) is 0 Å². The molecule has 0 saturated carbocycles. The molecule has 0 unspecified atom stereocenters. The van der Waals surface area contributed by atoms with E-state index in [1.165, 1.54) is 19.1 Å². The Morgan fingerprint density at radius 2 is 1.49 bits per heavy atom. The number of hydrogen-bond donors (Lipinski definition) is 9. The lowest BCUT2D eigenvalue weighted by Crippen LogP contribution is -2.61. The fourth-order valence-corrected chi connectivity index (χ4v) is 5.66.